The van der Waals surface area contributed by atoms with E-state index in [1.165, 1.54) is 38.5 Å². The van der Waals surface area contributed by atoms with Gasteiger partial charge >= 0.3 is 0 Å². The smallest absolute Gasteiger partial charge is 0.255 e. The maximum absolute atomic E-state index is 12.5. The van der Waals surface area contributed by atoms with Crippen LogP contribution in [0.2, 0.25) is 5.02 Å². The lowest BCUT2D eigenvalue weighted by Gasteiger charge is -2.15. The zero-order valence-electron chi connectivity index (χ0n) is 15.2. The number of methoxy groups -OCH3 is 2. The van der Waals surface area contributed by atoms with E-state index in [4.69, 9.17) is 21.1 Å². The Balaban J connectivity index is 2.31. The monoisotopic (exact) mass is 412 g/mol. The molecule has 0 heterocycles. The molecule has 0 fully saturated rings. The molecule has 1 atom stereocenters. The van der Waals surface area contributed by atoms with E-state index in [1.54, 1.807) is 25.1 Å². The molecule has 2 rings (SSSR count). The SMILES string of the molecule is COC[C@@H](C)NS(=O)(=O)c1ccc(OC)c(NC(=O)c2cccc(Cl)c2)c1. The van der Waals surface area contributed by atoms with Gasteiger partial charge in [-0.2, -0.15) is 0 Å². The fourth-order valence-electron chi connectivity index (χ4n) is 2.39. The molecule has 2 N–H and O–H groups in total. The average molecular weight is 413 g/mol. The zero-order valence-corrected chi connectivity index (χ0v) is 16.7. The van der Waals surface area contributed by atoms with Gasteiger partial charge in [0.1, 0.15) is 5.75 Å². The number of amides is 1. The molecule has 7 nitrogen and oxygen atoms in total. The highest BCUT2D eigenvalue weighted by Crippen LogP contribution is 2.28. The fraction of sp³-hybridized carbons (Fsp3) is 0.278. The standard InChI is InChI=1S/C18H21ClN2O5S/c1-12(11-25-2)21-27(23,24)15-7-8-17(26-3)16(10-15)20-18(22)13-5-4-6-14(19)9-13/h4-10,12,21H,11H2,1-3H3,(H,20,22)/t12-/m1/s1. The summed E-state index contributed by atoms with van der Waals surface area (Å²) in [5.74, 6) is -0.111. The summed E-state index contributed by atoms with van der Waals surface area (Å²) >= 11 is 5.91. The predicted molar refractivity (Wildman–Crippen MR) is 104 cm³/mol. The number of carbonyl (C=O) groups excluding carboxylic acids is 1. The number of sulfonamides is 1. The summed E-state index contributed by atoms with van der Waals surface area (Å²) in [6.45, 7) is 1.92. The van der Waals surface area contributed by atoms with E-state index < -0.39 is 22.0 Å². The number of anilines is 1. The van der Waals surface area contributed by atoms with Crippen molar-refractivity contribution in [1.82, 2.24) is 4.72 Å². The molecule has 0 aliphatic heterocycles. The van der Waals surface area contributed by atoms with Crippen molar-refractivity contribution < 1.29 is 22.7 Å². The fourth-order valence-corrected chi connectivity index (χ4v) is 3.84. The van der Waals surface area contributed by atoms with E-state index in [0.717, 1.165) is 0 Å². The molecule has 0 aliphatic rings. The van der Waals surface area contributed by atoms with Gasteiger partial charge in [-0.15, -0.1) is 0 Å². The molecular formula is C18H21ClN2O5S. The first-order valence-electron chi connectivity index (χ1n) is 8.03. The molecule has 0 aliphatic carbocycles. The van der Waals surface area contributed by atoms with Crippen LogP contribution in [-0.4, -0.2) is 41.2 Å². The lowest BCUT2D eigenvalue weighted by Crippen LogP contribution is -2.35. The summed E-state index contributed by atoms with van der Waals surface area (Å²) in [5.41, 5.74) is 0.564. The topological polar surface area (TPSA) is 93.7 Å². The first-order valence-corrected chi connectivity index (χ1v) is 9.89. The van der Waals surface area contributed by atoms with E-state index in [2.05, 4.69) is 10.0 Å². The minimum absolute atomic E-state index is 0.00681. The Hall–Kier alpha value is -2.13. The van der Waals surface area contributed by atoms with Crippen molar-refractivity contribution in [2.45, 2.75) is 17.9 Å². The van der Waals surface area contributed by atoms with Crippen molar-refractivity contribution in [3.05, 3.63) is 53.1 Å². The molecule has 27 heavy (non-hydrogen) atoms. The summed E-state index contributed by atoms with van der Waals surface area (Å²) < 4.78 is 37.7. The van der Waals surface area contributed by atoms with Crippen LogP contribution < -0.4 is 14.8 Å². The average Bonchev–Trinajstić information content (AvgIpc) is 2.61. The molecule has 0 bridgehead atoms. The molecule has 2 aromatic rings. The third kappa shape index (κ3) is 5.67. The summed E-state index contributed by atoms with van der Waals surface area (Å²) in [4.78, 5) is 12.4. The van der Waals surface area contributed by atoms with Gasteiger partial charge in [0.15, 0.2) is 0 Å². The molecule has 0 unspecified atom stereocenters. The second-order valence-electron chi connectivity index (χ2n) is 5.80. The molecule has 0 saturated carbocycles. The first kappa shape index (κ1) is 21.2. The summed E-state index contributed by atoms with van der Waals surface area (Å²) in [7, 11) is -0.879. The van der Waals surface area contributed by atoms with Gasteiger partial charge in [-0.25, -0.2) is 13.1 Å². The normalized spacial score (nSPS) is 12.4. The lowest BCUT2D eigenvalue weighted by molar-refractivity contribution is 0.102. The Kier molecular flexibility index (Phi) is 7.20. The Bertz CT molecular complexity index is 918. The van der Waals surface area contributed by atoms with Crippen LogP contribution in [0.3, 0.4) is 0 Å². The quantitative estimate of drug-likeness (QED) is 0.695. The van der Waals surface area contributed by atoms with Crippen LogP contribution in [0.25, 0.3) is 0 Å². The second-order valence-corrected chi connectivity index (χ2v) is 7.95. The van der Waals surface area contributed by atoms with Crippen molar-refractivity contribution in [3.63, 3.8) is 0 Å². The van der Waals surface area contributed by atoms with Crippen LogP contribution in [0, 0.1) is 0 Å². The van der Waals surface area contributed by atoms with Crippen molar-refractivity contribution in [2.24, 2.45) is 0 Å². The third-order valence-corrected chi connectivity index (χ3v) is 5.41. The molecule has 0 spiro atoms. The first-order chi connectivity index (χ1) is 12.8. The van der Waals surface area contributed by atoms with E-state index >= 15 is 0 Å². The van der Waals surface area contributed by atoms with Gasteiger partial charge in [-0.3, -0.25) is 4.79 Å². The van der Waals surface area contributed by atoms with Crippen molar-refractivity contribution >= 4 is 33.2 Å². The molecule has 0 aromatic heterocycles. The van der Waals surface area contributed by atoms with Crippen molar-refractivity contribution in [1.29, 1.82) is 0 Å². The van der Waals surface area contributed by atoms with Gasteiger partial charge in [-0.1, -0.05) is 17.7 Å². The van der Waals surface area contributed by atoms with Gasteiger partial charge < -0.3 is 14.8 Å². The summed E-state index contributed by atoms with van der Waals surface area (Å²) in [6.07, 6.45) is 0. The number of hydrogen-bond acceptors (Lipinski definition) is 5. The van der Waals surface area contributed by atoms with Gasteiger partial charge in [0.2, 0.25) is 10.0 Å². The number of nitrogens with one attached hydrogen (secondary N) is 2. The van der Waals surface area contributed by atoms with E-state index in [9.17, 15) is 13.2 Å². The van der Waals surface area contributed by atoms with Crippen LogP contribution in [0.15, 0.2) is 47.4 Å². The largest absolute Gasteiger partial charge is 0.495 e. The van der Waals surface area contributed by atoms with Crippen molar-refractivity contribution in [2.75, 3.05) is 26.1 Å². The maximum atomic E-state index is 12.5. The molecule has 146 valence electrons. The molecule has 1 amide bonds. The molecular weight excluding hydrogens is 392 g/mol. The number of benzene rings is 2. The van der Waals surface area contributed by atoms with Crippen LogP contribution >= 0.6 is 11.6 Å². The Morgan fingerprint density at radius 3 is 2.56 bits per heavy atom. The van der Waals surface area contributed by atoms with E-state index in [0.29, 0.717) is 16.3 Å². The highest BCUT2D eigenvalue weighted by molar-refractivity contribution is 7.89. The van der Waals surface area contributed by atoms with E-state index in [1.807, 2.05) is 0 Å². The van der Waals surface area contributed by atoms with Gasteiger partial charge in [0.05, 0.1) is 24.3 Å². The summed E-state index contributed by atoms with van der Waals surface area (Å²) in [5, 5.41) is 3.08. The van der Waals surface area contributed by atoms with Crippen LogP contribution in [0.1, 0.15) is 17.3 Å². The second kappa shape index (κ2) is 9.18. The number of hydrogen-bond donors (Lipinski definition) is 2. The van der Waals surface area contributed by atoms with Crippen LogP contribution in [0.5, 0.6) is 5.75 Å². The Labute approximate surface area is 163 Å². The number of halogens is 1. The number of ether oxygens (including phenoxy) is 2. The highest BCUT2D eigenvalue weighted by Gasteiger charge is 2.20. The third-order valence-electron chi connectivity index (χ3n) is 3.59. The molecule has 0 radical (unpaired) electrons. The Morgan fingerprint density at radius 2 is 1.93 bits per heavy atom. The minimum atomic E-state index is -3.79. The maximum Gasteiger partial charge on any atom is 0.255 e. The Morgan fingerprint density at radius 1 is 1.19 bits per heavy atom. The zero-order chi connectivity index (χ0) is 20.0. The molecule has 2 aromatic carbocycles. The number of rotatable bonds is 8. The van der Waals surface area contributed by atoms with Gasteiger partial charge in [0, 0.05) is 23.7 Å². The lowest BCUT2D eigenvalue weighted by atomic mass is 10.2. The van der Waals surface area contributed by atoms with E-state index in [-0.39, 0.29) is 17.2 Å². The van der Waals surface area contributed by atoms with Crippen LogP contribution in [-0.2, 0) is 14.8 Å². The summed E-state index contributed by atoms with van der Waals surface area (Å²) in [6, 6.07) is 10.2. The minimum Gasteiger partial charge on any atom is -0.495 e. The number of carbonyl (C=O) groups is 1. The predicted octanol–water partition coefficient (Wildman–Crippen LogP) is 2.91. The van der Waals surface area contributed by atoms with Gasteiger partial charge in [-0.05, 0) is 43.3 Å². The van der Waals surface area contributed by atoms with Gasteiger partial charge in [0.25, 0.3) is 5.91 Å². The highest BCUT2D eigenvalue weighted by atomic mass is 35.5. The molecule has 0 saturated heterocycles. The van der Waals surface area contributed by atoms with Crippen LogP contribution in [0.4, 0.5) is 5.69 Å². The molecule has 9 heteroatoms. The van der Waals surface area contributed by atoms with Crippen molar-refractivity contribution in [3.8, 4) is 5.75 Å².